The summed E-state index contributed by atoms with van der Waals surface area (Å²) in [4.78, 5) is 0. The average Bonchev–Trinajstić information content (AvgIpc) is 2.41. The van der Waals surface area contributed by atoms with Gasteiger partial charge in [-0.3, -0.25) is 0 Å². The van der Waals surface area contributed by atoms with E-state index < -0.39 is 7.12 Å². The summed E-state index contributed by atoms with van der Waals surface area (Å²) in [6.45, 7) is 6.06. The molecule has 0 spiro atoms. The lowest BCUT2D eigenvalue weighted by Gasteiger charge is -2.27. The normalized spacial score (nSPS) is 18.9. The molecule has 1 unspecified atom stereocenters. The van der Waals surface area contributed by atoms with Gasteiger partial charge in [-0.25, -0.2) is 0 Å². The van der Waals surface area contributed by atoms with Crippen LogP contribution in [0.1, 0.15) is 37.9 Å². The number of halogens is 1. The summed E-state index contributed by atoms with van der Waals surface area (Å²) in [7, 11) is -0.980. The van der Waals surface area contributed by atoms with Gasteiger partial charge >= 0.3 is 7.12 Å². The zero-order chi connectivity index (χ0) is 14.7. The highest BCUT2D eigenvalue weighted by Gasteiger charge is 2.31. The fourth-order valence-electron chi connectivity index (χ4n) is 2.37. The monoisotopic (exact) mass is 336 g/mol. The van der Waals surface area contributed by atoms with Crippen LogP contribution in [0.5, 0.6) is 5.75 Å². The van der Waals surface area contributed by atoms with E-state index in [1.165, 1.54) is 0 Å². The molecule has 0 aliphatic carbocycles. The Hall–Kier alpha value is -1.04. The molecule has 106 valence electrons. The van der Waals surface area contributed by atoms with Crippen LogP contribution in [0.25, 0.3) is 0 Å². The third-order valence-corrected chi connectivity index (χ3v) is 3.90. The van der Waals surface area contributed by atoms with Crippen molar-refractivity contribution in [1.82, 2.24) is 0 Å². The summed E-state index contributed by atoms with van der Waals surface area (Å²) in [5.74, 6) is 0.176. The molecule has 0 amide bonds. The van der Waals surface area contributed by atoms with E-state index in [4.69, 9.17) is 4.65 Å². The van der Waals surface area contributed by atoms with E-state index in [9.17, 15) is 10.1 Å². The number of rotatable bonds is 4. The molecule has 1 atom stereocenters. The Labute approximate surface area is 128 Å². The van der Waals surface area contributed by atoms with Crippen LogP contribution in [-0.2, 0) is 4.65 Å². The molecule has 1 heterocycles. The number of hydrogen-bond donors (Lipinski definition) is 2. The molecule has 20 heavy (non-hydrogen) atoms. The fourth-order valence-corrected chi connectivity index (χ4v) is 2.75. The highest BCUT2D eigenvalue weighted by Crippen LogP contribution is 2.36. The van der Waals surface area contributed by atoms with Crippen LogP contribution in [0.3, 0.4) is 0 Å². The maximum Gasteiger partial charge on any atom is 0.491 e. The van der Waals surface area contributed by atoms with Gasteiger partial charge in [0.05, 0.1) is 6.10 Å². The van der Waals surface area contributed by atoms with E-state index in [1.807, 2.05) is 12.1 Å². The van der Waals surface area contributed by atoms with E-state index in [-0.39, 0.29) is 11.9 Å². The molecule has 0 fully saturated rings. The number of hydrogen-bond acceptors (Lipinski definition) is 3. The smallest absolute Gasteiger partial charge is 0.491 e. The van der Waals surface area contributed by atoms with Crippen molar-refractivity contribution in [2.75, 3.05) is 0 Å². The van der Waals surface area contributed by atoms with Crippen LogP contribution in [0.15, 0.2) is 46.4 Å². The number of allylic oxidation sites excluding steroid dienone is 2. The summed E-state index contributed by atoms with van der Waals surface area (Å²) >= 11 is 3.37. The summed E-state index contributed by atoms with van der Waals surface area (Å²) in [5, 5.41) is 20.0. The SMILES string of the molecule is C=C(CCC)C1=CCC(c2cc(Br)ccc2O)OB1O. The van der Waals surface area contributed by atoms with E-state index in [1.54, 1.807) is 12.1 Å². The van der Waals surface area contributed by atoms with Gasteiger partial charge in [-0.2, -0.15) is 0 Å². The first-order valence-corrected chi connectivity index (χ1v) is 7.52. The molecule has 2 rings (SSSR count). The predicted molar refractivity (Wildman–Crippen MR) is 84.4 cm³/mol. The van der Waals surface area contributed by atoms with Gasteiger partial charge in [-0.15, -0.1) is 0 Å². The lowest BCUT2D eigenvalue weighted by molar-refractivity contribution is 0.165. The molecular formula is C15H18BBrO3. The largest absolute Gasteiger partial charge is 0.508 e. The summed E-state index contributed by atoms with van der Waals surface area (Å²) in [6.07, 6.45) is 4.05. The topological polar surface area (TPSA) is 49.7 Å². The van der Waals surface area contributed by atoms with Gasteiger partial charge in [-0.05, 0) is 36.5 Å². The van der Waals surface area contributed by atoms with Gasteiger partial charge in [0.15, 0.2) is 0 Å². The molecule has 1 aliphatic rings. The van der Waals surface area contributed by atoms with Crippen molar-refractivity contribution in [3.63, 3.8) is 0 Å². The summed E-state index contributed by atoms with van der Waals surface area (Å²) in [6, 6.07) is 5.19. The highest BCUT2D eigenvalue weighted by molar-refractivity contribution is 9.10. The number of phenolic OH excluding ortho intramolecular Hbond substituents is 1. The molecule has 0 saturated heterocycles. The molecule has 0 saturated carbocycles. The van der Waals surface area contributed by atoms with Gasteiger partial charge in [0.1, 0.15) is 5.75 Å². The molecule has 0 bridgehead atoms. The Morgan fingerprint density at radius 2 is 2.30 bits per heavy atom. The first-order chi connectivity index (χ1) is 9.52. The van der Waals surface area contributed by atoms with Crippen LogP contribution in [0.4, 0.5) is 0 Å². The third kappa shape index (κ3) is 3.34. The molecule has 1 aromatic carbocycles. The van der Waals surface area contributed by atoms with Crippen LogP contribution in [0.2, 0.25) is 0 Å². The standard InChI is InChI=1S/C15H18BBrO3/c1-3-4-10(2)13-6-8-15(20-16(13)19)12-9-11(17)5-7-14(12)18/h5-7,9,15,18-19H,2-4,8H2,1H3. The first kappa shape index (κ1) is 15.4. The quantitative estimate of drug-likeness (QED) is 0.819. The van der Waals surface area contributed by atoms with Crippen LogP contribution >= 0.6 is 15.9 Å². The number of aromatic hydroxyl groups is 1. The van der Waals surface area contributed by atoms with Crippen LogP contribution < -0.4 is 0 Å². The van der Waals surface area contributed by atoms with Crippen molar-refractivity contribution in [2.45, 2.75) is 32.3 Å². The molecule has 0 aromatic heterocycles. The van der Waals surface area contributed by atoms with Crippen LogP contribution in [-0.4, -0.2) is 17.2 Å². The molecule has 1 aliphatic heterocycles. The molecule has 5 heteroatoms. The Bertz CT molecular complexity index is 542. The van der Waals surface area contributed by atoms with E-state index >= 15 is 0 Å². The second-order valence-corrected chi connectivity index (χ2v) is 5.84. The first-order valence-electron chi connectivity index (χ1n) is 6.73. The average molecular weight is 337 g/mol. The Morgan fingerprint density at radius 3 is 2.95 bits per heavy atom. The minimum absolute atomic E-state index is 0.176. The molecule has 0 radical (unpaired) electrons. The second-order valence-electron chi connectivity index (χ2n) is 4.93. The van der Waals surface area contributed by atoms with Gasteiger partial charge in [-0.1, -0.05) is 47.5 Å². The van der Waals surface area contributed by atoms with E-state index in [0.717, 1.165) is 28.4 Å². The van der Waals surface area contributed by atoms with Crippen molar-refractivity contribution in [1.29, 1.82) is 0 Å². The zero-order valence-electron chi connectivity index (χ0n) is 11.5. The maximum atomic E-state index is 10.1. The lowest BCUT2D eigenvalue weighted by Crippen LogP contribution is -2.28. The minimum atomic E-state index is -0.980. The van der Waals surface area contributed by atoms with E-state index in [2.05, 4.69) is 29.4 Å². The van der Waals surface area contributed by atoms with Crippen molar-refractivity contribution in [3.8, 4) is 5.75 Å². The Kier molecular flexibility index (Phi) is 5.08. The van der Waals surface area contributed by atoms with Crippen molar-refractivity contribution < 1.29 is 14.8 Å². The summed E-state index contributed by atoms with van der Waals surface area (Å²) in [5.41, 5.74) is 2.35. The number of phenols is 1. The van der Waals surface area contributed by atoms with Crippen LogP contribution in [0, 0.1) is 0 Å². The highest BCUT2D eigenvalue weighted by atomic mass is 79.9. The van der Waals surface area contributed by atoms with Gasteiger partial charge in [0.25, 0.3) is 0 Å². The van der Waals surface area contributed by atoms with Gasteiger partial charge in [0, 0.05) is 10.0 Å². The minimum Gasteiger partial charge on any atom is -0.508 e. The van der Waals surface area contributed by atoms with E-state index in [0.29, 0.717) is 12.0 Å². The second kappa shape index (κ2) is 6.61. The van der Waals surface area contributed by atoms with Gasteiger partial charge in [0.2, 0.25) is 0 Å². The zero-order valence-corrected chi connectivity index (χ0v) is 13.1. The molecular weight excluding hydrogens is 319 g/mol. The van der Waals surface area contributed by atoms with Gasteiger partial charge < -0.3 is 14.8 Å². The molecule has 1 aromatic rings. The maximum absolute atomic E-state index is 10.1. The lowest BCUT2D eigenvalue weighted by atomic mass is 9.70. The molecule has 3 nitrogen and oxygen atoms in total. The molecule has 2 N–H and O–H groups in total. The van der Waals surface area contributed by atoms with Crippen molar-refractivity contribution in [2.24, 2.45) is 0 Å². The predicted octanol–water partition coefficient (Wildman–Crippen LogP) is 3.92. The summed E-state index contributed by atoms with van der Waals surface area (Å²) < 4.78 is 6.50. The fraction of sp³-hybridized carbons (Fsp3) is 0.333. The Morgan fingerprint density at radius 1 is 1.55 bits per heavy atom. The van der Waals surface area contributed by atoms with Crippen molar-refractivity contribution >= 4 is 23.0 Å². The Balaban J connectivity index is 2.19. The third-order valence-electron chi connectivity index (χ3n) is 3.41. The van der Waals surface area contributed by atoms with Crippen molar-refractivity contribution in [3.05, 3.63) is 51.9 Å². The number of benzene rings is 1.